The van der Waals surface area contributed by atoms with Gasteiger partial charge in [-0.05, 0) is 50.4 Å². The number of alkyl halides is 6. The van der Waals surface area contributed by atoms with Crippen LogP contribution in [0.25, 0.3) is 0 Å². The number of likely N-dealkylation sites (N-methyl/N-ethyl adjacent to an activating group) is 1. The molecule has 3 atom stereocenters. The van der Waals surface area contributed by atoms with Crippen LogP contribution in [0.2, 0.25) is 0 Å². The van der Waals surface area contributed by atoms with Crippen LogP contribution in [0.15, 0.2) is 0 Å². The molecule has 1 amide bonds. The monoisotopic (exact) mass is 555 g/mol. The van der Waals surface area contributed by atoms with E-state index in [1.165, 1.54) is 4.90 Å². The zero-order valence-corrected chi connectivity index (χ0v) is 22.8. The quantitative estimate of drug-likeness (QED) is 0.283. The van der Waals surface area contributed by atoms with E-state index in [9.17, 15) is 31.1 Å². The normalized spacial score (nSPS) is 27.2. The summed E-state index contributed by atoms with van der Waals surface area (Å²) >= 11 is 0. The molecule has 1 heterocycles. The Hall–Kier alpha value is -1.72. The Morgan fingerprint density at radius 1 is 0.868 bits per heavy atom. The first kappa shape index (κ1) is 30.8. The maximum atomic E-state index is 13.7. The fourth-order valence-electron chi connectivity index (χ4n) is 6.52. The van der Waals surface area contributed by atoms with Gasteiger partial charge in [0.25, 0.3) is 0 Å². The number of carbonyl (C=O) groups is 1. The van der Waals surface area contributed by atoms with Crippen molar-refractivity contribution >= 4 is 11.9 Å². The van der Waals surface area contributed by atoms with E-state index >= 15 is 0 Å². The summed E-state index contributed by atoms with van der Waals surface area (Å²) in [5.41, 5.74) is 0. The minimum atomic E-state index is -4.65. The lowest BCUT2D eigenvalue weighted by Crippen LogP contribution is -2.59. The molecule has 0 radical (unpaired) electrons. The number of hydrogen-bond donors (Lipinski definition) is 1. The molecule has 38 heavy (non-hydrogen) atoms. The van der Waals surface area contributed by atoms with Crippen LogP contribution in [-0.4, -0.2) is 104 Å². The summed E-state index contributed by atoms with van der Waals surface area (Å²) in [6, 6.07) is -0.354. The Labute approximate surface area is 222 Å². The Morgan fingerprint density at radius 3 is 1.87 bits per heavy atom. The number of nitrogens with one attached hydrogen (secondary N) is 1. The Balaban J connectivity index is 1.65. The topological polar surface area (TPSA) is 53.9 Å². The highest BCUT2D eigenvalue weighted by Crippen LogP contribution is 2.48. The van der Waals surface area contributed by atoms with Gasteiger partial charge in [0.05, 0.1) is 17.9 Å². The summed E-state index contributed by atoms with van der Waals surface area (Å²) in [4.78, 5) is 21.2. The summed E-state index contributed by atoms with van der Waals surface area (Å²) in [6.45, 7) is 2.64. The lowest BCUT2D eigenvalue weighted by atomic mass is 9.73. The number of hydrogen-bond acceptors (Lipinski definition) is 3. The summed E-state index contributed by atoms with van der Waals surface area (Å²) in [6.07, 6.45) is -5.63. The van der Waals surface area contributed by atoms with Crippen molar-refractivity contribution in [3.63, 3.8) is 0 Å². The molecule has 0 spiro atoms. The molecule has 3 rings (SSSR count). The van der Waals surface area contributed by atoms with E-state index in [2.05, 4.69) is 4.90 Å². The molecule has 12 heteroatoms. The van der Waals surface area contributed by atoms with Crippen LogP contribution in [0.3, 0.4) is 0 Å². The van der Waals surface area contributed by atoms with Crippen molar-refractivity contribution in [3.05, 3.63) is 0 Å². The average molecular weight is 556 g/mol. The van der Waals surface area contributed by atoms with Crippen LogP contribution in [-0.2, 0) is 4.79 Å². The van der Waals surface area contributed by atoms with E-state index in [-0.39, 0.29) is 43.7 Å². The molecule has 1 N–H and O–H groups in total. The van der Waals surface area contributed by atoms with Crippen molar-refractivity contribution in [2.75, 3.05) is 53.9 Å². The maximum absolute atomic E-state index is 13.7. The van der Waals surface area contributed by atoms with Crippen molar-refractivity contribution in [1.82, 2.24) is 19.6 Å². The van der Waals surface area contributed by atoms with Gasteiger partial charge in [-0.25, -0.2) is 0 Å². The molecule has 0 bridgehead atoms. The molecule has 1 saturated heterocycles. The highest BCUT2D eigenvalue weighted by Gasteiger charge is 2.51. The van der Waals surface area contributed by atoms with Crippen LogP contribution in [0.5, 0.6) is 0 Å². The van der Waals surface area contributed by atoms with Gasteiger partial charge in [-0.1, -0.05) is 19.3 Å². The van der Waals surface area contributed by atoms with Crippen LogP contribution < -0.4 is 0 Å². The second-order valence-corrected chi connectivity index (χ2v) is 11.7. The molecule has 220 valence electrons. The van der Waals surface area contributed by atoms with Gasteiger partial charge in [0, 0.05) is 53.9 Å². The molecular formula is C26H43F6N5O. The standard InChI is InChI=1S/C26H43F6N5O/c1-34(2)24(33)37-13-11-36(12-14-37)22(19-7-5-4-6-8-19)23(38)35(3)10-9-18-15-20(25(27,28)29)17-21(16-18)26(30,31)32/h18-22,33H,4-17H2,1-3H3. The highest BCUT2D eigenvalue weighted by molar-refractivity contribution is 5.82. The zero-order valence-electron chi connectivity index (χ0n) is 22.8. The zero-order chi connectivity index (χ0) is 28.3. The van der Waals surface area contributed by atoms with Crippen LogP contribution in [0.4, 0.5) is 26.3 Å². The van der Waals surface area contributed by atoms with Gasteiger partial charge < -0.3 is 14.7 Å². The van der Waals surface area contributed by atoms with Crippen molar-refractivity contribution in [3.8, 4) is 0 Å². The first-order valence-corrected chi connectivity index (χ1v) is 13.8. The largest absolute Gasteiger partial charge is 0.391 e. The molecule has 2 saturated carbocycles. The van der Waals surface area contributed by atoms with Crippen molar-refractivity contribution < 1.29 is 31.1 Å². The Bertz CT molecular complexity index is 768. The van der Waals surface area contributed by atoms with E-state index in [0.717, 1.165) is 32.1 Å². The van der Waals surface area contributed by atoms with Crippen molar-refractivity contribution in [2.45, 2.75) is 76.2 Å². The van der Waals surface area contributed by atoms with E-state index in [1.807, 2.05) is 19.0 Å². The number of carbonyl (C=O) groups excluding carboxylic acids is 1. The van der Waals surface area contributed by atoms with E-state index < -0.39 is 36.5 Å². The molecule has 1 aliphatic heterocycles. The predicted molar refractivity (Wildman–Crippen MR) is 134 cm³/mol. The van der Waals surface area contributed by atoms with Gasteiger partial charge in [-0.15, -0.1) is 0 Å². The second-order valence-electron chi connectivity index (χ2n) is 11.7. The Kier molecular flexibility index (Phi) is 10.2. The number of halogens is 6. The Morgan fingerprint density at radius 2 is 1.39 bits per heavy atom. The SMILES string of the molecule is CN(C)C(=N)N1CCN(C(C(=O)N(C)CCC2CC(C(F)(F)F)CC(C(F)(F)F)C2)C2CCCCC2)CC1. The summed E-state index contributed by atoms with van der Waals surface area (Å²) in [7, 11) is 5.26. The van der Waals surface area contributed by atoms with Crippen LogP contribution in [0.1, 0.15) is 57.8 Å². The van der Waals surface area contributed by atoms with Gasteiger partial charge in [0.15, 0.2) is 5.96 Å². The van der Waals surface area contributed by atoms with Crippen LogP contribution >= 0.6 is 0 Å². The fraction of sp³-hybridized carbons (Fsp3) is 0.923. The van der Waals surface area contributed by atoms with E-state index in [0.29, 0.717) is 32.1 Å². The lowest BCUT2D eigenvalue weighted by molar-refractivity contribution is -0.229. The predicted octanol–water partition coefficient (Wildman–Crippen LogP) is 5.05. The number of piperazine rings is 1. The molecule has 0 aromatic carbocycles. The molecule has 3 aliphatic rings. The summed E-state index contributed by atoms with van der Waals surface area (Å²) in [5, 5.41) is 8.23. The third-order valence-electron chi connectivity index (χ3n) is 8.76. The highest BCUT2D eigenvalue weighted by atomic mass is 19.4. The average Bonchev–Trinajstić information content (AvgIpc) is 2.86. The number of nitrogens with zero attached hydrogens (tertiary/aromatic N) is 4. The third-order valence-corrected chi connectivity index (χ3v) is 8.76. The van der Waals surface area contributed by atoms with Gasteiger partial charge in [0.2, 0.25) is 5.91 Å². The molecule has 6 nitrogen and oxygen atoms in total. The van der Waals surface area contributed by atoms with E-state index in [4.69, 9.17) is 5.41 Å². The first-order valence-electron chi connectivity index (χ1n) is 13.8. The maximum Gasteiger partial charge on any atom is 0.391 e. The molecule has 0 aromatic heterocycles. The van der Waals surface area contributed by atoms with Crippen molar-refractivity contribution in [2.24, 2.45) is 23.7 Å². The summed E-state index contributed by atoms with van der Waals surface area (Å²) in [5.74, 6) is -4.14. The van der Waals surface area contributed by atoms with E-state index in [1.54, 1.807) is 11.9 Å². The smallest absolute Gasteiger partial charge is 0.349 e. The second kappa shape index (κ2) is 12.6. The molecule has 3 fully saturated rings. The van der Waals surface area contributed by atoms with Gasteiger partial charge in [-0.3, -0.25) is 15.1 Å². The van der Waals surface area contributed by atoms with Gasteiger partial charge >= 0.3 is 12.4 Å². The number of amides is 1. The molecule has 2 aliphatic carbocycles. The minimum absolute atomic E-state index is 0.0939. The van der Waals surface area contributed by atoms with Gasteiger partial charge in [-0.2, -0.15) is 26.3 Å². The third kappa shape index (κ3) is 7.91. The lowest BCUT2D eigenvalue weighted by Gasteiger charge is -2.44. The van der Waals surface area contributed by atoms with Crippen molar-refractivity contribution in [1.29, 1.82) is 5.41 Å². The summed E-state index contributed by atoms with van der Waals surface area (Å²) < 4.78 is 80.3. The number of guanidine groups is 1. The molecular weight excluding hydrogens is 512 g/mol. The number of rotatable bonds is 6. The molecule has 3 unspecified atom stereocenters. The first-order chi connectivity index (χ1) is 17.7. The van der Waals surface area contributed by atoms with Crippen LogP contribution in [0, 0.1) is 29.1 Å². The van der Waals surface area contributed by atoms with Gasteiger partial charge in [0.1, 0.15) is 0 Å². The fourth-order valence-corrected chi connectivity index (χ4v) is 6.52. The molecule has 0 aromatic rings. The minimum Gasteiger partial charge on any atom is -0.349 e.